The van der Waals surface area contributed by atoms with Gasteiger partial charge in [0.15, 0.2) is 5.78 Å². The van der Waals surface area contributed by atoms with Crippen molar-refractivity contribution in [1.82, 2.24) is 20.2 Å². The molecule has 28 heavy (non-hydrogen) atoms. The molecule has 4 rings (SSSR count). The monoisotopic (exact) mass is 375 g/mol. The molecule has 1 atom stereocenters. The van der Waals surface area contributed by atoms with E-state index in [-0.39, 0.29) is 11.7 Å². The summed E-state index contributed by atoms with van der Waals surface area (Å²) < 4.78 is 0. The average Bonchev–Trinajstić information content (AvgIpc) is 3.34. The van der Waals surface area contributed by atoms with Gasteiger partial charge in [0.2, 0.25) is 11.7 Å². The topological polar surface area (TPSA) is 81.0 Å². The number of tetrazole rings is 1. The highest BCUT2D eigenvalue weighted by molar-refractivity contribution is 6.00. The Balaban J connectivity index is 1.56. The van der Waals surface area contributed by atoms with Crippen LogP contribution in [0, 0.1) is 6.92 Å². The third-order valence-electron chi connectivity index (χ3n) is 5.10. The second-order valence-electron chi connectivity index (χ2n) is 7.10. The van der Waals surface area contributed by atoms with Crippen LogP contribution in [0.1, 0.15) is 41.4 Å². The first-order chi connectivity index (χ1) is 13.4. The van der Waals surface area contributed by atoms with Gasteiger partial charge in [-0.15, -0.1) is 10.2 Å². The summed E-state index contributed by atoms with van der Waals surface area (Å²) in [6.07, 6.45) is 0.754. The molecule has 0 N–H and O–H groups in total. The second-order valence-corrected chi connectivity index (χ2v) is 7.10. The fourth-order valence-electron chi connectivity index (χ4n) is 3.44. The number of Topliss-reactive ketones (excluding diaryl/α,β-unsaturated/α-hetero) is 1. The van der Waals surface area contributed by atoms with Crippen LogP contribution in [-0.4, -0.2) is 38.4 Å². The molecule has 0 saturated carbocycles. The quantitative estimate of drug-likeness (QED) is 0.655. The van der Waals surface area contributed by atoms with E-state index in [1.807, 2.05) is 43.3 Å². The Bertz CT molecular complexity index is 1050. The fraction of sp³-hybridized carbons (Fsp3) is 0.286. The maximum absolute atomic E-state index is 12.9. The first-order valence-corrected chi connectivity index (χ1v) is 9.26. The standard InChI is InChI=1S/C21H21N5O2/c1-13-4-6-16(7-5-13)21-22-24-26(23-21)14(2)20(28)18-8-9-19-17(12-18)10-11-25(19)15(3)27/h4-9,12,14H,10-11H2,1-3H3/t14-/m1/s1. The second kappa shape index (κ2) is 6.99. The molecule has 0 saturated heterocycles. The Morgan fingerprint density at radius 3 is 2.57 bits per heavy atom. The molecule has 1 aliphatic heterocycles. The number of carbonyl (C=O) groups excluding carboxylic acids is 2. The molecule has 1 aliphatic rings. The van der Waals surface area contributed by atoms with Gasteiger partial charge < -0.3 is 4.90 Å². The Kier molecular flexibility index (Phi) is 4.50. The van der Waals surface area contributed by atoms with Gasteiger partial charge in [-0.3, -0.25) is 9.59 Å². The highest BCUT2D eigenvalue weighted by atomic mass is 16.2. The lowest BCUT2D eigenvalue weighted by Gasteiger charge is -2.15. The van der Waals surface area contributed by atoms with Crippen molar-refractivity contribution in [3.63, 3.8) is 0 Å². The lowest BCUT2D eigenvalue weighted by molar-refractivity contribution is -0.116. The van der Waals surface area contributed by atoms with Crippen molar-refractivity contribution < 1.29 is 9.59 Å². The number of carbonyl (C=O) groups is 2. The lowest BCUT2D eigenvalue weighted by atomic mass is 10.0. The molecule has 142 valence electrons. The molecule has 0 spiro atoms. The first-order valence-electron chi connectivity index (χ1n) is 9.26. The van der Waals surface area contributed by atoms with Crippen molar-refractivity contribution in [1.29, 1.82) is 0 Å². The Hall–Kier alpha value is -3.35. The molecule has 0 fully saturated rings. The largest absolute Gasteiger partial charge is 0.312 e. The van der Waals surface area contributed by atoms with Crippen molar-refractivity contribution in [2.45, 2.75) is 33.2 Å². The summed E-state index contributed by atoms with van der Waals surface area (Å²) in [5.41, 5.74) is 4.50. The predicted molar refractivity (Wildman–Crippen MR) is 105 cm³/mol. The number of hydrogen-bond donors (Lipinski definition) is 0. The summed E-state index contributed by atoms with van der Waals surface area (Å²) in [7, 11) is 0. The molecule has 7 nitrogen and oxygen atoms in total. The molecule has 0 aliphatic carbocycles. The van der Waals surface area contributed by atoms with E-state index in [9.17, 15) is 9.59 Å². The molecule has 0 radical (unpaired) electrons. The highest BCUT2D eigenvalue weighted by Crippen LogP contribution is 2.30. The zero-order valence-corrected chi connectivity index (χ0v) is 16.1. The number of nitrogens with zero attached hydrogens (tertiary/aromatic N) is 5. The van der Waals surface area contributed by atoms with Gasteiger partial charge in [0.25, 0.3) is 0 Å². The van der Waals surface area contributed by atoms with E-state index < -0.39 is 6.04 Å². The highest BCUT2D eigenvalue weighted by Gasteiger charge is 2.25. The molecule has 0 bridgehead atoms. The number of aryl methyl sites for hydroxylation is 1. The number of rotatable bonds is 4. The minimum absolute atomic E-state index is 0.0154. The normalized spacial score (nSPS) is 14.0. The van der Waals surface area contributed by atoms with Gasteiger partial charge in [0.05, 0.1) is 0 Å². The number of amides is 1. The number of aromatic nitrogens is 4. The lowest BCUT2D eigenvalue weighted by Crippen LogP contribution is -2.25. The van der Waals surface area contributed by atoms with Gasteiger partial charge in [-0.1, -0.05) is 29.8 Å². The summed E-state index contributed by atoms with van der Waals surface area (Å²) in [6, 6.07) is 12.7. The molecule has 2 aromatic carbocycles. The van der Waals surface area contributed by atoms with Gasteiger partial charge in [0, 0.05) is 30.3 Å². The summed E-state index contributed by atoms with van der Waals surface area (Å²) in [5.74, 6) is 0.421. The van der Waals surface area contributed by atoms with Crippen LogP contribution in [-0.2, 0) is 11.2 Å². The van der Waals surface area contributed by atoms with Crippen LogP contribution < -0.4 is 4.90 Å². The van der Waals surface area contributed by atoms with Crippen LogP contribution in [0.3, 0.4) is 0 Å². The first kappa shape index (κ1) is 18.0. The van der Waals surface area contributed by atoms with E-state index in [1.165, 1.54) is 4.80 Å². The van der Waals surface area contributed by atoms with Crippen LogP contribution in [0.4, 0.5) is 5.69 Å². The van der Waals surface area contributed by atoms with Crippen molar-refractivity contribution in [2.75, 3.05) is 11.4 Å². The van der Waals surface area contributed by atoms with Gasteiger partial charge in [-0.2, -0.15) is 4.80 Å². The predicted octanol–water partition coefficient (Wildman–Crippen LogP) is 3.00. The van der Waals surface area contributed by atoms with E-state index in [0.29, 0.717) is 17.9 Å². The Morgan fingerprint density at radius 2 is 1.86 bits per heavy atom. The molecule has 7 heteroatoms. The molecule has 1 amide bonds. The minimum atomic E-state index is -0.574. The summed E-state index contributed by atoms with van der Waals surface area (Å²) >= 11 is 0. The summed E-state index contributed by atoms with van der Waals surface area (Å²) in [5, 5.41) is 12.5. The van der Waals surface area contributed by atoms with Gasteiger partial charge >= 0.3 is 0 Å². The third kappa shape index (κ3) is 3.19. The zero-order valence-electron chi connectivity index (χ0n) is 16.1. The Labute approximate surface area is 163 Å². The number of benzene rings is 2. The third-order valence-corrected chi connectivity index (χ3v) is 5.10. The van der Waals surface area contributed by atoms with Gasteiger partial charge in [-0.05, 0) is 49.2 Å². The van der Waals surface area contributed by atoms with E-state index in [0.717, 1.165) is 28.8 Å². The van der Waals surface area contributed by atoms with E-state index in [2.05, 4.69) is 15.4 Å². The summed E-state index contributed by atoms with van der Waals surface area (Å²) in [6.45, 7) is 5.99. The zero-order chi connectivity index (χ0) is 19.8. The van der Waals surface area contributed by atoms with Crippen LogP contribution in [0.15, 0.2) is 42.5 Å². The van der Waals surface area contributed by atoms with E-state index in [1.54, 1.807) is 24.8 Å². The molecular formula is C21H21N5O2. The van der Waals surface area contributed by atoms with Gasteiger partial charge in [0.1, 0.15) is 6.04 Å². The molecule has 3 aromatic rings. The Morgan fingerprint density at radius 1 is 1.11 bits per heavy atom. The van der Waals surface area contributed by atoms with Crippen LogP contribution >= 0.6 is 0 Å². The van der Waals surface area contributed by atoms with Crippen LogP contribution in [0.2, 0.25) is 0 Å². The molecular weight excluding hydrogens is 354 g/mol. The summed E-state index contributed by atoms with van der Waals surface area (Å²) in [4.78, 5) is 27.7. The van der Waals surface area contributed by atoms with Crippen molar-refractivity contribution >= 4 is 17.4 Å². The van der Waals surface area contributed by atoms with Crippen LogP contribution in [0.25, 0.3) is 11.4 Å². The number of hydrogen-bond acceptors (Lipinski definition) is 5. The maximum Gasteiger partial charge on any atom is 0.223 e. The number of anilines is 1. The fourth-order valence-corrected chi connectivity index (χ4v) is 3.44. The van der Waals surface area contributed by atoms with Crippen LogP contribution in [0.5, 0.6) is 0 Å². The number of ketones is 1. The SMILES string of the molecule is CC(=O)N1CCc2cc(C(=O)[C@@H](C)n3nnc(-c4ccc(C)cc4)n3)ccc21. The smallest absolute Gasteiger partial charge is 0.223 e. The average molecular weight is 375 g/mol. The minimum Gasteiger partial charge on any atom is -0.312 e. The maximum atomic E-state index is 12.9. The number of fused-ring (bicyclic) bond motifs is 1. The molecule has 2 heterocycles. The van der Waals surface area contributed by atoms with Crippen molar-refractivity contribution in [2.24, 2.45) is 0 Å². The van der Waals surface area contributed by atoms with E-state index in [4.69, 9.17) is 0 Å². The van der Waals surface area contributed by atoms with E-state index >= 15 is 0 Å². The van der Waals surface area contributed by atoms with Gasteiger partial charge in [-0.25, -0.2) is 0 Å². The van der Waals surface area contributed by atoms with Crippen molar-refractivity contribution in [3.05, 3.63) is 59.2 Å². The molecule has 1 aromatic heterocycles. The van der Waals surface area contributed by atoms with Crippen molar-refractivity contribution in [3.8, 4) is 11.4 Å². The molecule has 0 unspecified atom stereocenters.